The number of unbranched alkanes of at least 4 members (excludes halogenated alkanes) is 1. The molecule has 0 aliphatic heterocycles. The van der Waals surface area contributed by atoms with Gasteiger partial charge in [-0.05, 0) is 6.42 Å². The SMILES string of the molecule is [C-]#[N+]c1ccc(C#CCCC)cc1. The summed E-state index contributed by atoms with van der Waals surface area (Å²) < 4.78 is 0. The molecule has 0 spiro atoms. The van der Waals surface area contributed by atoms with Crippen molar-refractivity contribution in [2.24, 2.45) is 0 Å². The Morgan fingerprint density at radius 1 is 1.31 bits per heavy atom. The van der Waals surface area contributed by atoms with E-state index in [2.05, 4.69) is 23.6 Å². The fourth-order valence-electron chi connectivity index (χ4n) is 0.909. The Labute approximate surface area is 79.2 Å². The highest BCUT2D eigenvalue weighted by Gasteiger charge is 1.88. The second-order valence-corrected chi connectivity index (χ2v) is 2.71. The number of rotatable bonds is 1. The van der Waals surface area contributed by atoms with E-state index in [1.807, 2.05) is 12.1 Å². The predicted molar refractivity (Wildman–Crippen MR) is 54.5 cm³/mol. The maximum absolute atomic E-state index is 6.77. The maximum Gasteiger partial charge on any atom is 0.187 e. The molecule has 0 saturated heterocycles. The van der Waals surface area contributed by atoms with Crippen LogP contribution in [0.1, 0.15) is 25.3 Å². The Kier molecular flexibility index (Phi) is 3.61. The standard InChI is InChI=1S/C12H11N/c1-3-4-5-6-11-7-9-12(13-2)10-8-11/h7-10H,3-4H2,1H3. The first-order valence-electron chi connectivity index (χ1n) is 4.33. The fourth-order valence-corrected chi connectivity index (χ4v) is 0.909. The Morgan fingerprint density at radius 3 is 2.54 bits per heavy atom. The highest BCUT2D eigenvalue weighted by Crippen LogP contribution is 2.11. The van der Waals surface area contributed by atoms with Crippen molar-refractivity contribution in [3.8, 4) is 11.8 Å². The first-order valence-corrected chi connectivity index (χ1v) is 4.33. The first kappa shape index (κ1) is 9.36. The van der Waals surface area contributed by atoms with E-state index in [1.54, 1.807) is 12.1 Å². The van der Waals surface area contributed by atoms with Gasteiger partial charge in [-0.25, -0.2) is 4.85 Å². The molecule has 0 bridgehead atoms. The van der Waals surface area contributed by atoms with Gasteiger partial charge in [0, 0.05) is 12.0 Å². The maximum atomic E-state index is 6.77. The summed E-state index contributed by atoms with van der Waals surface area (Å²) in [6.07, 6.45) is 2.03. The molecule has 1 rings (SSSR count). The zero-order chi connectivity index (χ0) is 9.52. The van der Waals surface area contributed by atoms with E-state index in [-0.39, 0.29) is 0 Å². The molecule has 0 fully saturated rings. The van der Waals surface area contributed by atoms with E-state index in [4.69, 9.17) is 6.57 Å². The third-order valence-corrected chi connectivity index (χ3v) is 1.60. The summed E-state index contributed by atoms with van der Waals surface area (Å²) in [6, 6.07) is 7.36. The quantitative estimate of drug-likeness (QED) is 0.448. The Hall–Kier alpha value is -1.73. The summed E-state index contributed by atoms with van der Waals surface area (Å²) in [4.78, 5) is 3.31. The van der Waals surface area contributed by atoms with Crippen molar-refractivity contribution in [3.05, 3.63) is 41.2 Å². The van der Waals surface area contributed by atoms with Crippen molar-refractivity contribution < 1.29 is 0 Å². The van der Waals surface area contributed by atoms with Crippen LogP contribution in [0.2, 0.25) is 0 Å². The molecule has 0 aliphatic carbocycles. The van der Waals surface area contributed by atoms with Gasteiger partial charge in [0.2, 0.25) is 0 Å². The van der Waals surface area contributed by atoms with E-state index >= 15 is 0 Å². The van der Waals surface area contributed by atoms with Crippen LogP contribution < -0.4 is 0 Å². The third-order valence-electron chi connectivity index (χ3n) is 1.60. The van der Waals surface area contributed by atoms with Crippen LogP contribution in [-0.2, 0) is 0 Å². The van der Waals surface area contributed by atoms with Gasteiger partial charge in [0.05, 0.1) is 6.57 Å². The summed E-state index contributed by atoms with van der Waals surface area (Å²) in [6.45, 7) is 8.88. The molecule has 0 aliphatic rings. The second kappa shape index (κ2) is 5.01. The van der Waals surface area contributed by atoms with Gasteiger partial charge in [0.25, 0.3) is 0 Å². The molecule has 1 aromatic rings. The molecule has 0 atom stereocenters. The number of benzene rings is 1. The summed E-state index contributed by atoms with van der Waals surface area (Å²) >= 11 is 0. The third kappa shape index (κ3) is 3.01. The molecule has 1 nitrogen and oxygen atoms in total. The molecule has 1 aromatic carbocycles. The zero-order valence-electron chi connectivity index (χ0n) is 7.67. The Bertz CT molecular complexity index is 357. The summed E-state index contributed by atoms with van der Waals surface area (Å²) in [5.74, 6) is 6.11. The first-order chi connectivity index (χ1) is 6.36. The minimum atomic E-state index is 0.668. The largest absolute Gasteiger partial charge is 0.238 e. The van der Waals surface area contributed by atoms with E-state index in [1.165, 1.54) is 0 Å². The lowest BCUT2D eigenvalue weighted by Gasteiger charge is -1.89. The monoisotopic (exact) mass is 169 g/mol. The van der Waals surface area contributed by atoms with Crippen molar-refractivity contribution >= 4 is 5.69 Å². The van der Waals surface area contributed by atoms with Gasteiger partial charge in [0.15, 0.2) is 5.69 Å². The lowest BCUT2D eigenvalue weighted by atomic mass is 10.2. The van der Waals surface area contributed by atoms with Crippen LogP contribution in [0.5, 0.6) is 0 Å². The minimum absolute atomic E-state index is 0.668. The molecule has 64 valence electrons. The van der Waals surface area contributed by atoms with E-state index < -0.39 is 0 Å². The predicted octanol–water partition coefficient (Wildman–Crippen LogP) is 3.39. The van der Waals surface area contributed by atoms with Gasteiger partial charge in [0.1, 0.15) is 0 Å². The van der Waals surface area contributed by atoms with Crippen LogP contribution in [0.15, 0.2) is 24.3 Å². The molecule has 0 radical (unpaired) electrons. The van der Waals surface area contributed by atoms with Crippen molar-refractivity contribution in [2.75, 3.05) is 0 Å². The van der Waals surface area contributed by atoms with Gasteiger partial charge in [-0.3, -0.25) is 0 Å². The molecule has 0 heterocycles. The molecule has 1 heteroatoms. The molecule has 0 unspecified atom stereocenters. The summed E-state index contributed by atoms with van der Waals surface area (Å²) in [7, 11) is 0. The molecule has 0 amide bonds. The average Bonchev–Trinajstić information content (AvgIpc) is 2.19. The molecule has 13 heavy (non-hydrogen) atoms. The zero-order valence-corrected chi connectivity index (χ0v) is 7.67. The highest BCUT2D eigenvalue weighted by molar-refractivity contribution is 5.48. The molecule has 0 N–H and O–H groups in total. The van der Waals surface area contributed by atoms with Crippen LogP contribution in [-0.4, -0.2) is 0 Å². The topological polar surface area (TPSA) is 4.36 Å². The number of hydrogen-bond donors (Lipinski definition) is 0. The van der Waals surface area contributed by atoms with Crippen LogP contribution in [0.25, 0.3) is 4.85 Å². The van der Waals surface area contributed by atoms with Crippen molar-refractivity contribution in [1.82, 2.24) is 0 Å². The highest BCUT2D eigenvalue weighted by atomic mass is 14.6. The normalized spacial score (nSPS) is 8.31. The lowest BCUT2D eigenvalue weighted by Crippen LogP contribution is -1.71. The number of nitrogens with zero attached hydrogens (tertiary/aromatic N) is 1. The van der Waals surface area contributed by atoms with Gasteiger partial charge < -0.3 is 0 Å². The van der Waals surface area contributed by atoms with Gasteiger partial charge in [-0.2, -0.15) is 0 Å². The second-order valence-electron chi connectivity index (χ2n) is 2.71. The summed E-state index contributed by atoms with van der Waals surface area (Å²) in [5.41, 5.74) is 1.65. The molecular weight excluding hydrogens is 158 g/mol. The van der Waals surface area contributed by atoms with E-state index in [0.717, 1.165) is 18.4 Å². The Morgan fingerprint density at radius 2 is 2.00 bits per heavy atom. The van der Waals surface area contributed by atoms with Crippen molar-refractivity contribution in [2.45, 2.75) is 19.8 Å². The van der Waals surface area contributed by atoms with Gasteiger partial charge in [-0.1, -0.05) is 43.0 Å². The van der Waals surface area contributed by atoms with Crippen LogP contribution in [0.3, 0.4) is 0 Å². The Balaban J connectivity index is 2.72. The van der Waals surface area contributed by atoms with E-state index in [0.29, 0.717) is 5.69 Å². The summed E-state index contributed by atoms with van der Waals surface area (Å²) in [5, 5.41) is 0. The van der Waals surface area contributed by atoms with Gasteiger partial charge in [-0.15, -0.1) is 0 Å². The van der Waals surface area contributed by atoms with Crippen molar-refractivity contribution in [1.29, 1.82) is 0 Å². The average molecular weight is 169 g/mol. The van der Waals surface area contributed by atoms with Crippen LogP contribution >= 0.6 is 0 Å². The smallest absolute Gasteiger partial charge is 0.187 e. The molecular formula is C12H11N. The van der Waals surface area contributed by atoms with Crippen LogP contribution in [0.4, 0.5) is 5.69 Å². The fraction of sp³-hybridized carbons (Fsp3) is 0.250. The minimum Gasteiger partial charge on any atom is -0.238 e. The van der Waals surface area contributed by atoms with Crippen molar-refractivity contribution in [3.63, 3.8) is 0 Å². The van der Waals surface area contributed by atoms with Crippen LogP contribution in [0, 0.1) is 18.4 Å². The van der Waals surface area contributed by atoms with Gasteiger partial charge >= 0.3 is 0 Å². The number of hydrogen-bond acceptors (Lipinski definition) is 0. The lowest BCUT2D eigenvalue weighted by molar-refractivity contribution is 0.983. The van der Waals surface area contributed by atoms with E-state index in [9.17, 15) is 0 Å². The molecule has 0 saturated carbocycles. The molecule has 0 aromatic heterocycles.